The first kappa shape index (κ1) is 15.4. The Hall–Kier alpha value is -0.980. The Labute approximate surface area is 121 Å². The molecule has 0 aliphatic heterocycles. The summed E-state index contributed by atoms with van der Waals surface area (Å²) in [5.74, 6) is 6.60. The van der Waals surface area contributed by atoms with Gasteiger partial charge < -0.3 is 4.74 Å². The largest absolute Gasteiger partial charge is 0.374 e. The minimum atomic E-state index is -0.173. The lowest BCUT2D eigenvalue weighted by Crippen LogP contribution is -2.57. The van der Waals surface area contributed by atoms with E-state index in [9.17, 15) is 0 Å². The van der Waals surface area contributed by atoms with Crippen molar-refractivity contribution < 1.29 is 4.74 Å². The van der Waals surface area contributed by atoms with E-state index in [-0.39, 0.29) is 11.6 Å². The molecule has 1 fully saturated rings. The topological polar surface area (TPSA) is 78.0 Å². The zero-order valence-corrected chi connectivity index (χ0v) is 12.8. The van der Waals surface area contributed by atoms with Crippen molar-refractivity contribution >= 4 is 0 Å². The highest BCUT2D eigenvalue weighted by atomic mass is 16.5. The molecule has 0 spiro atoms. The molecule has 2 rings (SSSR count). The standard InChI is InChI=1S/C14H27N5O/c1-4-20-14(7-5-11(2)6-8-14)13(16-15)9-12-10-19(3)18-17-12/h10-11,13,16H,4-9,15H2,1-3H3. The molecule has 1 aliphatic carbocycles. The molecule has 0 amide bonds. The third-order valence-electron chi connectivity index (χ3n) is 4.45. The van der Waals surface area contributed by atoms with Gasteiger partial charge in [-0.1, -0.05) is 12.1 Å². The number of rotatable bonds is 6. The van der Waals surface area contributed by atoms with Crippen molar-refractivity contribution in [1.82, 2.24) is 20.4 Å². The smallest absolute Gasteiger partial charge is 0.0852 e. The summed E-state index contributed by atoms with van der Waals surface area (Å²) < 4.78 is 7.87. The number of nitrogens with zero attached hydrogens (tertiary/aromatic N) is 3. The predicted octanol–water partition coefficient (Wildman–Crippen LogP) is 1.17. The van der Waals surface area contributed by atoms with Crippen molar-refractivity contribution in [2.75, 3.05) is 6.61 Å². The van der Waals surface area contributed by atoms with Crippen LogP contribution in [0, 0.1) is 5.92 Å². The van der Waals surface area contributed by atoms with Crippen LogP contribution >= 0.6 is 0 Å². The van der Waals surface area contributed by atoms with E-state index < -0.39 is 0 Å². The van der Waals surface area contributed by atoms with Gasteiger partial charge in [-0.2, -0.15) is 0 Å². The monoisotopic (exact) mass is 281 g/mol. The number of aryl methyl sites for hydroxylation is 1. The number of hydrogen-bond donors (Lipinski definition) is 2. The highest BCUT2D eigenvalue weighted by Gasteiger charge is 2.42. The molecule has 1 heterocycles. The van der Waals surface area contributed by atoms with E-state index in [1.54, 1.807) is 4.68 Å². The average Bonchev–Trinajstić information content (AvgIpc) is 2.85. The normalized spacial score (nSPS) is 28.5. The molecule has 1 aliphatic rings. The summed E-state index contributed by atoms with van der Waals surface area (Å²) >= 11 is 0. The maximum Gasteiger partial charge on any atom is 0.0852 e. The van der Waals surface area contributed by atoms with Gasteiger partial charge in [0.05, 0.1) is 17.3 Å². The fraction of sp³-hybridized carbons (Fsp3) is 0.857. The number of nitrogens with two attached hydrogens (primary N) is 1. The molecule has 6 nitrogen and oxygen atoms in total. The minimum absolute atomic E-state index is 0.0756. The van der Waals surface area contributed by atoms with Crippen molar-refractivity contribution in [1.29, 1.82) is 0 Å². The summed E-state index contributed by atoms with van der Waals surface area (Å²) in [6.45, 7) is 5.08. The van der Waals surface area contributed by atoms with Crippen molar-refractivity contribution in [3.63, 3.8) is 0 Å². The molecule has 0 aromatic carbocycles. The highest BCUT2D eigenvalue weighted by Crippen LogP contribution is 2.38. The third-order valence-corrected chi connectivity index (χ3v) is 4.45. The van der Waals surface area contributed by atoms with Crippen molar-refractivity contribution in [3.8, 4) is 0 Å². The first-order chi connectivity index (χ1) is 9.59. The number of nitrogens with one attached hydrogen (secondary N) is 1. The molecule has 3 N–H and O–H groups in total. The molecular formula is C14H27N5O. The van der Waals surface area contributed by atoms with E-state index in [4.69, 9.17) is 10.6 Å². The SMILES string of the molecule is CCOC1(C(Cc2cn(C)nn2)NN)CCC(C)CC1. The molecule has 1 aromatic rings. The van der Waals surface area contributed by atoms with Crippen LogP contribution in [0.4, 0.5) is 0 Å². The van der Waals surface area contributed by atoms with Crippen LogP contribution in [0.2, 0.25) is 0 Å². The Balaban J connectivity index is 2.12. The first-order valence-corrected chi connectivity index (χ1v) is 7.55. The second-order valence-corrected chi connectivity index (χ2v) is 5.99. The van der Waals surface area contributed by atoms with Crippen LogP contribution in [-0.2, 0) is 18.2 Å². The van der Waals surface area contributed by atoms with E-state index in [0.717, 1.165) is 30.9 Å². The maximum absolute atomic E-state index is 6.15. The predicted molar refractivity (Wildman–Crippen MR) is 77.8 cm³/mol. The lowest BCUT2D eigenvalue weighted by atomic mass is 9.74. The Morgan fingerprint density at radius 3 is 2.75 bits per heavy atom. The van der Waals surface area contributed by atoms with Gasteiger partial charge in [-0.15, -0.1) is 5.10 Å². The third kappa shape index (κ3) is 3.37. The van der Waals surface area contributed by atoms with Crippen LogP contribution in [0.5, 0.6) is 0 Å². The number of hydrogen-bond acceptors (Lipinski definition) is 5. The second kappa shape index (κ2) is 6.65. The van der Waals surface area contributed by atoms with Gasteiger partial charge >= 0.3 is 0 Å². The number of ether oxygens (including phenoxy) is 1. The summed E-state index contributed by atoms with van der Waals surface area (Å²) in [6.07, 6.45) is 7.18. The van der Waals surface area contributed by atoms with Crippen molar-refractivity contribution in [2.45, 2.75) is 57.6 Å². The molecule has 6 heteroatoms. The Kier molecular flexibility index (Phi) is 5.12. The molecule has 1 unspecified atom stereocenters. The highest BCUT2D eigenvalue weighted by molar-refractivity contribution is 5.04. The van der Waals surface area contributed by atoms with Gasteiger partial charge in [0.25, 0.3) is 0 Å². The fourth-order valence-corrected chi connectivity index (χ4v) is 3.23. The van der Waals surface area contributed by atoms with Crippen LogP contribution < -0.4 is 11.3 Å². The fourth-order valence-electron chi connectivity index (χ4n) is 3.23. The Bertz CT molecular complexity index is 411. The van der Waals surface area contributed by atoms with E-state index in [2.05, 4.69) is 29.6 Å². The summed E-state index contributed by atoms with van der Waals surface area (Å²) in [4.78, 5) is 0. The van der Waals surface area contributed by atoms with Crippen LogP contribution in [-0.4, -0.2) is 33.2 Å². The Morgan fingerprint density at radius 1 is 1.55 bits per heavy atom. The van der Waals surface area contributed by atoms with E-state index in [1.165, 1.54) is 12.8 Å². The molecular weight excluding hydrogens is 254 g/mol. The average molecular weight is 281 g/mol. The molecule has 1 saturated carbocycles. The van der Waals surface area contributed by atoms with Gasteiger partial charge in [0.2, 0.25) is 0 Å². The van der Waals surface area contributed by atoms with Gasteiger partial charge in [0.15, 0.2) is 0 Å². The van der Waals surface area contributed by atoms with Crippen LogP contribution in [0.3, 0.4) is 0 Å². The molecule has 0 saturated heterocycles. The van der Waals surface area contributed by atoms with Crippen LogP contribution in [0.15, 0.2) is 6.20 Å². The van der Waals surface area contributed by atoms with Gasteiger partial charge in [-0.3, -0.25) is 16.0 Å². The second-order valence-electron chi connectivity index (χ2n) is 5.99. The lowest BCUT2D eigenvalue weighted by Gasteiger charge is -2.44. The Morgan fingerprint density at radius 2 is 2.25 bits per heavy atom. The van der Waals surface area contributed by atoms with Gasteiger partial charge in [-0.25, -0.2) is 0 Å². The molecule has 1 aromatic heterocycles. The molecule has 0 bridgehead atoms. The zero-order valence-electron chi connectivity index (χ0n) is 12.8. The van der Waals surface area contributed by atoms with Gasteiger partial charge in [-0.05, 0) is 38.5 Å². The summed E-state index contributed by atoms with van der Waals surface area (Å²) in [6, 6.07) is 0.0756. The molecule has 20 heavy (non-hydrogen) atoms. The first-order valence-electron chi connectivity index (χ1n) is 7.55. The lowest BCUT2D eigenvalue weighted by molar-refractivity contribution is -0.0963. The van der Waals surface area contributed by atoms with Gasteiger partial charge in [0, 0.05) is 26.3 Å². The molecule has 114 valence electrons. The van der Waals surface area contributed by atoms with E-state index in [0.29, 0.717) is 6.61 Å². The summed E-state index contributed by atoms with van der Waals surface area (Å²) in [5, 5.41) is 8.15. The van der Waals surface area contributed by atoms with E-state index >= 15 is 0 Å². The molecule has 1 atom stereocenters. The van der Waals surface area contributed by atoms with Crippen LogP contribution in [0.1, 0.15) is 45.2 Å². The van der Waals surface area contributed by atoms with E-state index in [1.807, 2.05) is 13.2 Å². The van der Waals surface area contributed by atoms with Crippen molar-refractivity contribution in [3.05, 3.63) is 11.9 Å². The van der Waals surface area contributed by atoms with Crippen molar-refractivity contribution in [2.24, 2.45) is 18.8 Å². The quantitative estimate of drug-likeness (QED) is 0.604. The summed E-state index contributed by atoms with van der Waals surface area (Å²) in [5.41, 5.74) is 3.75. The minimum Gasteiger partial charge on any atom is -0.374 e. The number of hydrazine groups is 1. The summed E-state index contributed by atoms with van der Waals surface area (Å²) in [7, 11) is 1.88. The number of aromatic nitrogens is 3. The molecule has 0 radical (unpaired) electrons. The maximum atomic E-state index is 6.15. The van der Waals surface area contributed by atoms with Gasteiger partial charge in [0.1, 0.15) is 0 Å². The van der Waals surface area contributed by atoms with Crippen LogP contribution in [0.25, 0.3) is 0 Å². The zero-order chi connectivity index (χ0) is 14.6.